The molecule has 4 rings (SSSR count). The Balaban J connectivity index is 1.64. The zero-order valence-electron chi connectivity index (χ0n) is 14.0. The zero-order valence-corrected chi connectivity index (χ0v) is 14.9. The summed E-state index contributed by atoms with van der Waals surface area (Å²) in [6.45, 7) is 3.30. The van der Waals surface area contributed by atoms with E-state index < -0.39 is 0 Å². The van der Waals surface area contributed by atoms with Gasteiger partial charge in [-0.25, -0.2) is 9.97 Å². The lowest BCUT2D eigenvalue weighted by molar-refractivity contribution is 0.371. The van der Waals surface area contributed by atoms with E-state index in [2.05, 4.69) is 58.8 Å². The minimum Gasteiger partial charge on any atom is -0.342 e. The van der Waals surface area contributed by atoms with Crippen LogP contribution in [0.5, 0.6) is 0 Å². The van der Waals surface area contributed by atoms with E-state index in [-0.39, 0.29) is 0 Å². The molecule has 24 heavy (non-hydrogen) atoms. The van der Waals surface area contributed by atoms with Crippen molar-refractivity contribution < 1.29 is 0 Å². The van der Waals surface area contributed by atoms with Crippen LogP contribution in [-0.2, 0) is 0 Å². The fourth-order valence-electron chi connectivity index (χ4n) is 3.43. The van der Waals surface area contributed by atoms with E-state index in [1.54, 1.807) is 11.8 Å². The van der Waals surface area contributed by atoms with Crippen molar-refractivity contribution in [3.63, 3.8) is 0 Å². The summed E-state index contributed by atoms with van der Waals surface area (Å²) in [5.41, 5.74) is 4.17. The molecule has 2 N–H and O–H groups in total. The zero-order chi connectivity index (χ0) is 16.5. The number of nitrogens with one attached hydrogen (secondary N) is 2. The molecule has 0 bridgehead atoms. The highest BCUT2D eigenvalue weighted by atomic mass is 32.2. The van der Waals surface area contributed by atoms with Crippen molar-refractivity contribution in [2.75, 3.05) is 12.8 Å². The van der Waals surface area contributed by atoms with Crippen LogP contribution in [0.25, 0.3) is 22.6 Å². The maximum Gasteiger partial charge on any atom is 0.109 e. The molecule has 0 aliphatic carbocycles. The highest BCUT2D eigenvalue weighted by Gasteiger charge is 2.23. The molecule has 3 heterocycles. The summed E-state index contributed by atoms with van der Waals surface area (Å²) < 4.78 is 0. The number of nitrogens with zero attached hydrogens (tertiary/aromatic N) is 2. The summed E-state index contributed by atoms with van der Waals surface area (Å²) in [6.07, 6.45) is 6.27. The van der Waals surface area contributed by atoms with Gasteiger partial charge in [-0.05, 0) is 50.8 Å². The Hall–Kier alpha value is -1.85. The first-order valence-corrected chi connectivity index (χ1v) is 9.69. The molecule has 0 aromatic heterocycles. The van der Waals surface area contributed by atoms with Crippen LogP contribution in [0.4, 0.5) is 0 Å². The number of H-pyrrole nitrogens is 1. The molecule has 0 spiro atoms. The normalized spacial score (nSPS) is 21.2. The van der Waals surface area contributed by atoms with E-state index >= 15 is 0 Å². The third-order valence-corrected chi connectivity index (χ3v) is 5.53. The Morgan fingerprint density at radius 2 is 2.00 bits per heavy atom. The largest absolute Gasteiger partial charge is 0.342 e. The smallest absolute Gasteiger partial charge is 0.109 e. The van der Waals surface area contributed by atoms with Gasteiger partial charge in [0.1, 0.15) is 11.5 Å². The Bertz CT molecular complexity index is 796. The average Bonchev–Trinajstić information content (AvgIpc) is 3.05. The molecule has 0 radical (unpaired) electrons. The van der Waals surface area contributed by atoms with Gasteiger partial charge in [0.2, 0.25) is 0 Å². The maximum atomic E-state index is 4.73. The van der Waals surface area contributed by atoms with Gasteiger partial charge in [-0.2, -0.15) is 0 Å². The summed E-state index contributed by atoms with van der Waals surface area (Å²) in [4.78, 5) is 14.2. The molecule has 1 fully saturated rings. The van der Waals surface area contributed by atoms with E-state index in [4.69, 9.17) is 4.98 Å². The lowest BCUT2D eigenvalue weighted by atomic mass is 9.92. The molecule has 4 nitrogen and oxygen atoms in total. The molecule has 1 saturated heterocycles. The molecule has 0 amide bonds. The van der Waals surface area contributed by atoms with Crippen molar-refractivity contribution in [1.82, 2.24) is 20.3 Å². The van der Waals surface area contributed by atoms with Gasteiger partial charge < -0.3 is 10.3 Å². The van der Waals surface area contributed by atoms with Crippen molar-refractivity contribution in [3.05, 3.63) is 42.4 Å². The number of benzene rings is 1. The average molecular weight is 338 g/mol. The number of aromatic nitrogens is 3. The monoisotopic (exact) mass is 338 g/mol. The molecular weight excluding hydrogens is 316 g/mol. The Morgan fingerprint density at radius 3 is 2.75 bits per heavy atom. The van der Waals surface area contributed by atoms with Crippen LogP contribution in [-0.4, -0.2) is 33.8 Å². The van der Waals surface area contributed by atoms with Gasteiger partial charge in [-0.3, -0.25) is 0 Å². The predicted octanol–water partition coefficient (Wildman–Crippen LogP) is 4.15. The quantitative estimate of drug-likeness (QED) is 0.704. The Morgan fingerprint density at radius 1 is 1.17 bits per heavy atom. The number of hydrogen-bond donors (Lipinski definition) is 2. The summed E-state index contributed by atoms with van der Waals surface area (Å²) in [6, 6.07) is 11.2. The van der Waals surface area contributed by atoms with Crippen LogP contribution in [0.2, 0.25) is 0 Å². The standard InChI is InChI=1S/C19H22N4S/c1-12-9-14(7-8-20-12)19-21-11-18-17(23-19)10-16(22-18)13-3-5-15(24-2)6-4-13/h3-6,10-12,14,20H,7-9H2,1-2H3,(H,21,23). The van der Waals surface area contributed by atoms with Crippen molar-refractivity contribution >= 4 is 11.8 Å². The molecule has 124 valence electrons. The SMILES string of the molecule is CSc1ccc(-c2cc3[nH]c(C4CCNC(C)C4)ncc-3n2)cc1. The first-order valence-electron chi connectivity index (χ1n) is 8.46. The number of rotatable bonds is 3. The second-order valence-electron chi connectivity index (χ2n) is 6.51. The molecule has 0 saturated carbocycles. The van der Waals surface area contributed by atoms with E-state index in [0.29, 0.717) is 12.0 Å². The first-order chi connectivity index (χ1) is 11.7. The highest BCUT2D eigenvalue weighted by Crippen LogP contribution is 2.31. The van der Waals surface area contributed by atoms with E-state index in [1.807, 2.05) is 6.20 Å². The summed E-state index contributed by atoms with van der Waals surface area (Å²) >= 11 is 1.75. The van der Waals surface area contributed by atoms with Crippen molar-refractivity contribution in [1.29, 1.82) is 0 Å². The Labute approximate surface area is 146 Å². The molecule has 3 aliphatic heterocycles. The van der Waals surface area contributed by atoms with Gasteiger partial charge in [-0.15, -0.1) is 11.8 Å². The second-order valence-corrected chi connectivity index (χ2v) is 7.39. The third-order valence-electron chi connectivity index (χ3n) is 4.78. The minimum atomic E-state index is 0.505. The Kier molecular flexibility index (Phi) is 4.29. The summed E-state index contributed by atoms with van der Waals surface area (Å²) in [7, 11) is 0. The minimum absolute atomic E-state index is 0.505. The molecular formula is C19H22N4S. The van der Waals surface area contributed by atoms with Crippen LogP contribution < -0.4 is 5.32 Å². The van der Waals surface area contributed by atoms with Crippen LogP contribution in [0.1, 0.15) is 31.5 Å². The van der Waals surface area contributed by atoms with E-state index in [0.717, 1.165) is 47.9 Å². The topological polar surface area (TPSA) is 53.6 Å². The lowest BCUT2D eigenvalue weighted by Crippen LogP contribution is -2.35. The summed E-state index contributed by atoms with van der Waals surface area (Å²) in [5.74, 6) is 1.59. The second kappa shape index (κ2) is 6.57. The van der Waals surface area contributed by atoms with E-state index in [9.17, 15) is 0 Å². The molecule has 2 unspecified atom stereocenters. The van der Waals surface area contributed by atoms with Gasteiger partial charge in [0.05, 0.1) is 17.6 Å². The van der Waals surface area contributed by atoms with Gasteiger partial charge in [0.15, 0.2) is 0 Å². The van der Waals surface area contributed by atoms with Gasteiger partial charge in [0, 0.05) is 22.4 Å². The van der Waals surface area contributed by atoms with Crippen LogP contribution >= 0.6 is 11.8 Å². The summed E-state index contributed by atoms with van der Waals surface area (Å²) in [5, 5.41) is 3.50. The lowest BCUT2D eigenvalue weighted by Gasteiger charge is -2.27. The van der Waals surface area contributed by atoms with Crippen molar-refractivity contribution in [2.45, 2.75) is 36.6 Å². The van der Waals surface area contributed by atoms with Crippen LogP contribution in [0.3, 0.4) is 0 Å². The van der Waals surface area contributed by atoms with Crippen molar-refractivity contribution in [2.24, 2.45) is 0 Å². The number of hydrogen-bond acceptors (Lipinski definition) is 4. The molecule has 3 aliphatic rings. The van der Waals surface area contributed by atoms with Crippen molar-refractivity contribution in [3.8, 4) is 22.6 Å². The number of piperidine rings is 1. The first kappa shape index (κ1) is 15.7. The number of fused-ring (bicyclic) bond motifs is 1. The van der Waals surface area contributed by atoms with Gasteiger partial charge >= 0.3 is 0 Å². The number of aromatic amines is 1. The fraction of sp³-hybridized carbons (Fsp3) is 0.368. The molecule has 5 heteroatoms. The van der Waals surface area contributed by atoms with Gasteiger partial charge in [-0.1, -0.05) is 12.1 Å². The molecule has 2 atom stereocenters. The number of thioether (sulfide) groups is 1. The van der Waals surface area contributed by atoms with Gasteiger partial charge in [0.25, 0.3) is 0 Å². The third kappa shape index (κ3) is 3.06. The fourth-order valence-corrected chi connectivity index (χ4v) is 3.84. The highest BCUT2D eigenvalue weighted by molar-refractivity contribution is 7.98. The van der Waals surface area contributed by atoms with Crippen LogP contribution in [0, 0.1) is 0 Å². The molecule has 1 aromatic rings. The molecule has 1 aromatic carbocycles. The van der Waals surface area contributed by atoms with Crippen LogP contribution in [0.15, 0.2) is 41.4 Å². The van der Waals surface area contributed by atoms with E-state index in [1.165, 1.54) is 4.90 Å². The maximum absolute atomic E-state index is 4.73. The predicted molar refractivity (Wildman–Crippen MR) is 99.7 cm³/mol.